The number of anilines is 2. The van der Waals surface area contributed by atoms with E-state index in [0.29, 0.717) is 79.8 Å². The molecule has 6 aliphatic heterocycles. The molecule has 1 aromatic carbocycles. The number of nitrogens with zero attached hydrogens (tertiary/aromatic N) is 4. The molecule has 2 fully saturated rings. The Hall–Kier alpha value is -4.25. The number of aromatic nitrogens is 2. The molecule has 0 aliphatic carbocycles. The van der Waals surface area contributed by atoms with E-state index in [9.17, 15) is 22.8 Å². The topological polar surface area (TPSA) is 103 Å². The van der Waals surface area contributed by atoms with Crippen LogP contribution in [-0.2, 0) is 0 Å². The zero-order valence-electron chi connectivity index (χ0n) is 24.7. The molecule has 8 bridgehead atoms. The van der Waals surface area contributed by atoms with Crippen LogP contribution < -0.4 is 20.7 Å². The Kier molecular flexibility index (Phi) is 8.89. The highest BCUT2D eigenvalue weighted by molar-refractivity contribution is 8.00. The lowest BCUT2D eigenvalue weighted by Gasteiger charge is -2.35. The van der Waals surface area contributed by atoms with Crippen LogP contribution in [0.4, 0.5) is 29.3 Å². The molecule has 0 saturated carbocycles. The van der Waals surface area contributed by atoms with Crippen LogP contribution in [0.3, 0.4) is 0 Å². The minimum absolute atomic E-state index is 0.0159. The number of imidazole rings is 1. The van der Waals surface area contributed by atoms with Gasteiger partial charge in [0.15, 0.2) is 5.65 Å². The van der Waals surface area contributed by atoms with E-state index in [4.69, 9.17) is 4.74 Å². The predicted octanol–water partition coefficient (Wildman–Crippen LogP) is 4.87. The highest BCUT2D eigenvalue weighted by atomic mass is 32.2. The number of methoxy groups -OCH3 is 1. The van der Waals surface area contributed by atoms with Crippen LogP contribution in [0, 0.1) is 17.8 Å². The van der Waals surface area contributed by atoms with Crippen molar-refractivity contribution >= 4 is 40.7 Å². The molecule has 8 heterocycles. The summed E-state index contributed by atoms with van der Waals surface area (Å²) in [5.41, 5.74) is -2.54. The number of alkyl halides is 3. The predicted molar refractivity (Wildman–Crippen MR) is 166 cm³/mol. The second-order valence-corrected chi connectivity index (χ2v) is 12.4. The molecule has 3 amide bonds. The third-order valence-electron chi connectivity index (χ3n) is 8.38. The fraction of sp³-hybridized carbons (Fsp3) is 0.452. The lowest BCUT2D eigenvalue weighted by Crippen LogP contribution is -2.48. The Morgan fingerprint density at radius 1 is 1.02 bits per heavy atom. The number of urea groups is 1. The number of hydrogen-bond donors (Lipinski definition) is 3. The molecule has 0 radical (unpaired) electrons. The van der Waals surface area contributed by atoms with Crippen LogP contribution in [-0.4, -0.2) is 89.1 Å². The van der Waals surface area contributed by atoms with Gasteiger partial charge in [-0.1, -0.05) is 5.92 Å². The normalized spacial score (nSPS) is 21.1. The zero-order valence-corrected chi connectivity index (χ0v) is 25.6. The van der Waals surface area contributed by atoms with Crippen LogP contribution in [0.15, 0.2) is 41.6 Å². The Morgan fingerprint density at radius 3 is 2.60 bits per heavy atom. The van der Waals surface area contributed by atoms with Crippen LogP contribution >= 0.6 is 11.8 Å². The summed E-state index contributed by atoms with van der Waals surface area (Å²) in [4.78, 5) is 34.4. The first kappa shape index (κ1) is 30.8. The fourth-order valence-corrected chi connectivity index (χ4v) is 6.72. The maximum absolute atomic E-state index is 13.6. The number of benzene rings is 1. The maximum Gasteiger partial charge on any atom is 0.447 e. The summed E-state index contributed by atoms with van der Waals surface area (Å²) in [5.74, 6) is 6.21. The SMILES string of the molecule is COc1cc2ccc1NCC#Cc1nc3c(cccn3c1SC(F)(F)F)NC1CCN(CC1)C(=O)N1CC[C@H](CCNC2=O)C1. The number of piperidine rings is 1. The average molecular weight is 642 g/mol. The number of hydrogen-bond acceptors (Lipinski definition) is 7. The van der Waals surface area contributed by atoms with Gasteiger partial charge < -0.3 is 30.5 Å². The van der Waals surface area contributed by atoms with Crippen molar-refractivity contribution in [3.05, 3.63) is 47.8 Å². The van der Waals surface area contributed by atoms with Crippen LogP contribution in [0.2, 0.25) is 0 Å². The molecule has 6 aliphatic rings. The largest absolute Gasteiger partial charge is 0.495 e. The number of nitrogens with one attached hydrogen (secondary N) is 3. The third kappa shape index (κ3) is 7.03. The van der Waals surface area contributed by atoms with Gasteiger partial charge in [-0.3, -0.25) is 9.20 Å². The molecule has 0 spiro atoms. The molecule has 1 atom stereocenters. The van der Waals surface area contributed by atoms with Crippen molar-refractivity contribution in [2.75, 3.05) is 57.0 Å². The summed E-state index contributed by atoms with van der Waals surface area (Å²) in [6.07, 6.45) is 4.61. The van der Waals surface area contributed by atoms with Gasteiger partial charge in [-0.25, -0.2) is 9.78 Å². The maximum atomic E-state index is 13.6. The molecule has 3 aromatic rings. The first-order valence-electron chi connectivity index (χ1n) is 14.9. The van der Waals surface area contributed by atoms with E-state index in [1.165, 1.54) is 11.5 Å². The number of amides is 3. The van der Waals surface area contributed by atoms with Gasteiger partial charge in [-0.05, 0) is 67.9 Å². The van der Waals surface area contributed by atoms with Crippen molar-refractivity contribution in [3.63, 3.8) is 0 Å². The van der Waals surface area contributed by atoms with E-state index in [1.54, 1.807) is 36.5 Å². The van der Waals surface area contributed by atoms with Gasteiger partial charge in [-0.15, -0.1) is 0 Å². The second-order valence-electron chi connectivity index (χ2n) is 11.3. The van der Waals surface area contributed by atoms with E-state index in [0.717, 1.165) is 12.8 Å². The number of carbonyl (C=O) groups excluding carboxylic acids is 2. The summed E-state index contributed by atoms with van der Waals surface area (Å²) in [7, 11) is 1.49. The molecule has 2 aromatic heterocycles. The van der Waals surface area contributed by atoms with E-state index in [2.05, 4.69) is 32.8 Å². The Labute approximate surface area is 263 Å². The second kappa shape index (κ2) is 13.0. The van der Waals surface area contributed by atoms with Gasteiger partial charge >= 0.3 is 11.5 Å². The molecule has 2 saturated heterocycles. The van der Waals surface area contributed by atoms with Gasteiger partial charge in [0.25, 0.3) is 5.91 Å². The molecule has 238 valence electrons. The minimum Gasteiger partial charge on any atom is -0.495 e. The Balaban J connectivity index is 1.31. The lowest BCUT2D eigenvalue weighted by atomic mass is 10.0. The minimum atomic E-state index is -4.54. The van der Waals surface area contributed by atoms with Crippen molar-refractivity contribution in [1.82, 2.24) is 24.5 Å². The standard InChI is InChI=1S/C31H34F3N7O3S/c1-44-26-18-21-6-7-23(26)35-12-2-4-25-29(45-31(32,33)34)41-14-3-5-24(27(41)38-25)37-22-10-16-39(17-11-22)30(43)40-15-9-20(19-40)8-13-36-28(21)42/h3,5-7,14,18,20,22,35,37H,8-13,15-17,19H2,1H3,(H,36,42)/t20-/m0/s1. The fourth-order valence-electron chi connectivity index (χ4n) is 6.06. The summed E-state index contributed by atoms with van der Waals surface area (Å²) in [6, 6.07) is 8.54. The quantitative estimate of drug-likeness (QED) is 0.271. The van der Waals surface area contributed by atoms with Crippen LogP contribution in [0.1, 0.15) is 41.7 Å². The summed E-state index contributed by atoms with van der Waals surface area (Å²) < 4.78 is 47.7. The molecular weight excluding hydrogens is 607 g/mol. The molecule has 9 rings (SSSR count). The van der Waals surface area contributed by atoms with E-state index in [1.807, 2.05) is 9.80 Å². The molecule has 45 heavy (non-hydrogen) atoms. The molecule has 14 heteroatoms. The number of pyridine rings is 1. The van der Waals surface area contributed by atoms with Crippen molar-refractivity contribution in [2.24, 2.45) is 5.92 Å². The van der Waals surface area contributed by atoms with Gasteiger partial charge in [0, 0.05) is 62.3 Å². The highest BCUT2D eigenvalue weighted by Crippen LogP contribution is 2.39. The first-order chi connectivity index (χ1) is 21.7. The third-order valence-corrected chi connectivity index (χ3v) is 9.19. The lowest BCUT2D eigenvalue weighted by molar-refractivity contribution is -0.0330. The molecule has 10 nitrogen and oxygen atoms in total. The number of ether oxygens (including phenoxy) is 1. The monoisotopic (exact) mass is 641 g/mol. The zero-order chi connectivity index (χ0) is 31.6. The molecular formula is C31H34F3N7O3S. The van der Waals surface area contributed by atoms with Crippen molar-refractivity contribution in [2.45, 2.75) is 42.3 Å². The van der Waals surface area contributed by atoms with Crippen molar-refractivity contribution in [1.29, 1.82) is 0 Å². The number of thioether (sulfide) groups is 1. The molecule has 0 unspecified atom stereocenters. The van der Waals surface area contributed by atoms with E-state index in [-0.39, 0.29) is 47.0 Å². The van der Waals surface area contributed by atoms with Gasteiger partial charge in [0.1, 0.15) is 16.5 Å². The van der Waals surface area contributed by atoms with Gasteiger partial charge in [0.2, 0.25) is 0 Å². The average Bonchev–Trinajstić information content (AvgIpc) is 3.63. The smallest absolute Gasteiger partial charge is 0.447 e. The van der Waals surface area contributed by atoms with Gasteiger partial charge in [-0.2, -0.15) is 13.2 Å². The van der Waals surface area contributed by atoms with Crippen molar-refractivity contribution in [3.8, 4) is 17.6 Å². The molecule has 3 N–H and O–H groups in total. The van der Waals surface area contributed by atoms with Gasteiger partial charge in [0.05, 0.1) is 25.0 Å². The number of carbonyl (C=O) groups is 2. The van der Waals surface area contributed by atoms with Crippen LogP contribution in [0.25, 0.3) is 5.65 Å². The van der Waals surface area contributed by atoms with E-state index < -0.39 is 5.51 Å². The number of halogens is 3. The van der Waals surface area contributed by atoms with Crippen LogP contribution in [0.5, 0.6) is 5.75 Å². The Morgan fingerprint density at radius 2 is 1.82 bits per heavy atom. The summed E-state index contributed by atoms with van der Waals surface area (Å²) in [5, 5.41) is 9.43. The summed E-state index contributed by atoms with van der Waals surface area (Å²) in [6.45, 7) is 3.10. The Bertz CT molecular complexity index is 1640. The summed E-state index contributed by atoms with van der Waals surface area (Å²) >= 11 is -0.251. The number of rotatable bonds is 2. The van der Waals surface area contributed by atoms with E-state index >= 15 is 0 Å². The first-order valence-corrected chi connectivity index (χ1v) is 15.8. The highest BCUT2D eigenvalue weighted by Gasteiger charge is 2.34. The van der Waals surface area contributed by atoms with Crippen molar-refractivity contribution < 1.29 is 27.5 Å².